The number of aromatic amines is 1. The number of carbonyl (C=O) groups excluding carboxylic acids is 2. The summed E-state index contributed by atoms with van der Waals surface area (Å²) in [5, 5.41) is 5.44. The highest BCUT2D eigenvalue weighted by Gasteiger charge is 2.23. The van der Waals surface area contributed by atoms with Crippen molar-refractivity contribution >= 4 is 23.2 Å². The number of benzene rings is 1. The van der Waals surface area contributed by atoms with Crippen LogP contribution in [0.25, 0.3) is 0 Å². The molecule has 0 unspecified atom stereocenters. The van der Waals surface area contributed by atoms with Crippen LogP contribution in [-0.4, -0.2) is 27.5 Å². The Hall–Kier alpha value is -3.36. The number of ether oxygens (including phenoxy) is 1. The lowest BCUT2D eigenvalue weighted by Crippen LogP contribution is -2.36. The van der Waals surface area contributed by atoms with Gasteiger partial charge < -0.3 is 20.4 Å². The second kappa shape index (κ2) is 7.10. The summed E-state index contributed by atoms with van der Waals surface area (Å²) in [6, 6.07) is 4.95. The van der Waals surface area contributed by atoms with Gasteiger partial charge >= 0.3 is 5.69 Å². The highest BCUT2D eigenvalue weighted by Crippen LogP contribution is 2.32. The van der Waals surface area contributed by atoms with Gasteiger partial charge in [-0.05, 0) is 38.5 Å². The molecule has 1 aromatic heterocycles. The number of anilines is 2. The third kappa shape index (κ3) is 3.76. The van der Waals surface area contributed by atoms with Gasteiger partial charge in [0, 0.05) is 30.4 Å². The zero-order valence-corrected chi connectivity index (χ0v) is 15.2. The first kappa shape index (κ1) is 18.4. The van der Waals surface area contributed by atoms with Crippen LogP contribution in [0.15, 0.2) is 27.8 Å². The topological polar surface area (TPSA) is 122 Å². The number of fused-ring (bicyclic) bond motifs is 1. The molecule has 1 atom stereocenters. The van der Waals surface area contributed by atoms with E-state index in [1.54, 1.807) is 32.0 Å². The first-order valence-corrected chi connectivity index (χ1v) is 8.46. The summed E-state index contributed by atoms with van der Waals surface area (Å²) in [6.45, 7) is 3.28. The minimum Gasteiger partial charge on any atom is -0.479 e. The van der Waals surface area contributed by atoms with Crippen molar-refractivity contribution in [1.29, 1.82) is 0 Å². The maximum Gasteiger partial charge on any atom is 0.328 e. The van der Waals surface area contributed by atoms with Crippen LogP contribution in [0.5, 0.6) is 5.75 Å². The highest BCUT2D eigenvalue weighted by atomic mass is 16.5. The fourth-order valence-corrected chi connectivity index (χ4v) is 2.82. The maximum absolute atomic E-state index is 12.2. The number of aryl methyl sites for hydroxylation is 1. The van der Waals surface area contributed by atoms with E-state index in [9.17, 15) is 19.2 Å². The van der Waals surface area contributed by atoms with Crippen LogP contribution in [0.3, 0.4) is 0 Å². The summed E-state index contributed by atoms with van der Waals surface area (Å²) in [5.74, 6) is -0.0122. The molecule has 3 rings (SSSR count). The largest absolute Gasteiger partial charge is 0.479 e. The lowest BCUT2D eigenvalue weighted by molar-refractivity contribution is -0.122. The molecule has 3 N–H and O–H groups in total. The van der Waals surface area contributed by atoms with Gasteiger partial charge in [0.15, 0.2) is 6.10 Å². The first-order valence-electron chi connectivity index (χ1n) is 8.46. The molecule has 0 bridgehead atoms. The molecule has 9 heteroatoms. The van der Waals surface area contributed by atoms with E-state index in [4.69, 9.17) is 4.74 Å². The Kier molecular flexibility index (Phi) is 4.85. The smallest absolute Gasteiger partial charge is 0.328 e. The van der Waals surface area contributed by atoms with Crippen molar-refractivity contribution in [3.63, 3.8) is 0 Å². The minimum absolute atomic E-state index is 0.0686. The molecule has 0 aliphatic carbocycles. The molecule has 0 spiro atoms. The Labute approximate surface area is 154 Å². The average Bonchev–Trinajstić information content (AvgIpc) is 2.61. The minimum atomic E-state index is -0.568. The Morgan fingerprint density at radius 3 is 2.78 bits per heavy atom. The lowest BCUT2D eigenvalue weighted by atomic mass is 10.1. The summed E-state index contributed by atoms with van der Waals surface area (Å²) in [5.41, 5.74) is 0.945. The van der Waals surface area contributed by atoms with Crippen molar-refractivity contribution in [2.75, 3.05) is 10.6 Å². The average molecular weight is 372 g/mol. The van der Waals surface area contributed by atoms with Crippen molar-refractivity contribution in [1.82, 2.24) is 9.55 Å². The van der Waals surface area contributed by atoms with E-state index >= 15 is 0 Å². The van der Waals surface area contributed by atoms with Crippen LogP contribution < -0.4 is 26.6 Å². The Morgan fingerprint density at radius 1 is 1.30 bits per heavy atom. The van der Waals surface area contributed by atoms with Crippen molar-refractivity contribution in [2.24, 2.45) is 7.05 Å². The van der Waals surface area contributed by atoms with Gasteiger partial charge in [0.25, 0.3) is 11.5 Å². The van der Waals surface area contributed by atoms with E-state index in [-0.39, 0.29) is 24.7 Å². The van der Waals surface area contributed by atoms with Crippen molar-refractivity contribution < 1.29 is 14.3 Å². The normalized spacial score (nSPS) is 15.5. The van der Waals surface area contributed by atoms with E-state index in [2.05, 4.69) is 15.6 Å². The SMILES string of the molecule is Cc1[nH]c(=O)n(C)c(=O)c1CCC(=O)Nc1ccc2c(c1)NC(=O)[C@H](C)O2. The second-order valence-electron chi connectivity index (χ2n) is 6.41. The van der Waals surface area contributed by atoms with Gasteiger partial charge in [-0.15, -0.1) is 0 Å². The molecule has 1 aliphatic rings. The molecule has 2 aromatic rings. The third-order valence-corrected chi connectivity index (χ3v) is 4.41. The van der Waals surface area contributed by atoms with E-state index in [0.717, 1.165) is 4.57 Å². The number of nitrogens with zero attached hydrogens (tertiary/aromatic N) is 1. The molecule has 0 saturated heterocycles. The molecular weight excluding hydrogens is 352 g/mol. The zero-order valence-electron chi connectivity index (χ0n) is 15.2. The molecule has 2 amide bonds. The first-order chi connectivity index (χ1) is 12.8. The van der Waals surface area contributed by atoms with E-state index < -0.39 is 17.4 Å². The van der Waals surface area contributed by atoms with Crippen LogP contribution in [0.1, 0.15) is 24.6 Å². The third-order valence-electron chi connectivity index (χ3n) is 4.41. The number of hydrogen-bond acceptors (Lipinski definition) is 5. The van der Waals surface area contributed by atoms with E-state index in [1.165, 1.54) is 7.05 Å². The van der Waals surface area contributed by atoms with Crippen LogP contribution in [0.4, 0.5) is 11.4 Å². The summed E-state index contributed by atoms with van der Waals surface area (Å²) >= 11 is 0. The van der Waals surface area contributed by atoms with Crippen LogP contribution in [0, 0.1) is 6.92 Å². The molecule has 9 nitrogen and oxygen atoms in total. The Bertz CT molecular complexity index is 1040. The van der Waals surface area contributed by atoms with Crippen LogP contribution in [0.2, 0.25) is 0 Å². The predicted octanol–water partition coefficient (Wildman–Crippen LogP) is 0.673. The number of carbonyl (C=O) groups is 2. The van der Waals surface area contributed by atoms with E-state index in [1.807, 2.05) is 0 Å². The number of amides is 2. The summed E-state index contributed by atoms with van der Waals surface area (Å²) in [4.78, 5) is 50.2. The Morgan fingerprint density at radius 2 is 2.04 bits per heavy atom. The highest BCUT2D eigenvalue weighted by molar-refractivity contribution is 5.99. The van der Waals surface area contributed by atoms with Crippen molar-refractivity contribution in [2.45, 2.75) is 32.8 Å². The molecule has 27 heavy (non-hydrogen) atoms. The monoisotopic (exact) mass is 372 g/mol. The molecule has 142 valence electrons. The van der Waals surface area contributed by atoms with Crippen LogP contribution in [-0.2, 0) is 23.1 Å². The van der Waals surface area contributed by atoms with Gasteiger partial charge in [-0.2, -0.15) is 0 Å². The van der Waals surface area contributed by atoms with Gasteiger partial charge in [-0.25, -0.2) is 4.79 Å². The van der Waals surface area contributed by atoms with Crippen LogP contribution >= 0.6 is 0 Å². The lowest BCUT2D eigenvalue weighted by Gasteiger charge is -2.23. The standard InChI is InChI=1S/C18H20N4O5/c1-9-12(17(25)22(3)18(26)19-9)5-7-15(23)20-11-4-6-14-13(8-11)21-16(24)10(2)27-14/h4,6,8,10H,5,7H2,1-3H3,(H,19,26)(H,20,23)(H,21,24)/t10-/m0/s1. The summed E-state index contributed by atoms with van der Waals surface area (Å²) in [7, 11) is 1.38. The van der Waals surface area contributed by atoms with Gasteiger partial charge in [-0.3, -0.25) is 19.0 Å². The number of hydrogen-bond donors (Lipinski definition) is 3. The molecule has 0 saturated carbocycles. The van der Waals surface area contributed by atoms with Gasteiger partial charge in [0.05, 0.1) is 5.69 Å². The number of rotatable bonds is 4. The van der Waals surface area contributed by atoms with Gasteiger partial charge in [-0.1, -0.05) is 0 Å². The number of H-pyrrole nitrogens is 1. The quantitative estimate of drug-likeness (QED) is 0.728. The maximum atomic E-state index is 12.2. The number of nitrogens with one attached hydrogen (secondary N) is 3. The van der Waals surface area contributed by atoms with Gasteiger partial charge in [0.1, 0.15) is 5.75 Å². The second-order valence-corrected chi connectivity index (χ2v) is 6.41. The van der Waals surface area contributed by atoms with E-state index in [0.29, 0.717) is 28.4 Å². The summed E-state index contributed by atoms with van der Waals surface area (Å²) in [6.07, 6.45) is -0.302. The summed E-state index contributed by atoms with van der Waals surface area (Å²) < 4.78 is 6.45. The molecule has 1 aromatic carbocycles. The predicted molar refractivity (Wildman–Crippen MR) is 99.2 cm³/mol. The van der Waals surface area contributed by atoms with Gasteiger partial charge in [0.2, 0.25) is 5.91 Å². The fraction of sp³-hybridized carbons (Fsp3) is 0.333. The van der Waals surface area contributed by atoms with Crippen molar-refractivity contribution in [3.05, 3.63) is 50.3 Å². The Balaban J connectivity index is 1.68. The molecule has 0 radical (unpaired) electrons. The number of aromatic nitrogens is 2. The molecule has 2 heterocycles. The molecule has 0 fully saturated rings. The van der Waals surface area contributed by atoms with Crippen molar-refractivity contribution in [3.8, 4) is 5.75 Å². The zero-order chi connectivity index (χ0) is 19.7. The molecule has 1 aliphatic heterocycles. The fourth-order valence-electron chi connectivity index (χ4n) is 2.82. The molecular formula is C18H20N4O5.